The Kier molecular flexibility index (Phi) is 3.63. The Bertz CT molecular complexity index is 535. The Balaban J connectivity index is 2.78. The zero-order valence-corrected chi connectivity index (χ0v) is 10.8. The van der Waals surface area contributed by atoms with Crippen LogP contribution in [-0.4, -0.2) is 0 Å². The Morgan fingerprint density at radius 1 is 1.06 bits per heavy atom. The molecular weight excluding hydrogens is 204 g/mol. The van der Waals surface area contributed by atoms with Gasteiger partial charge in [-0.2, -0.15) is 0 Å². The number of aryl methyl sites for hydroxylation is 1. The number of benzene rings is 2. The zero-order valence-electron chi connectivity index (χ0n) is 10.8. The van der Waals surface area contributed by atoms with Crippen LogP contribution in [0.5, 0.6) is 0 Å². The van der Waals surface area contributed by atoms with Crippen LogP contribution in [0.2, 0.25) is 0 Å². The summed E-state index contributed by atoms with van der Waals surface area (Å²) in [6, 6.07) is 11.0. The van der Waals surface area contributed by atoms with E-state index in [0.717, 1.165) is 19.3 Å². The van der Waals surface area contributed by atoms with Gasteiger partial charge in [-0.1, -0.05) is 50.3 Å². The van der Waals surface area contributed by atoms with E-state index < -0.39 is 0 Å². The average molecular weight is 224 g/mol. The summed E-state index contributed by atoms with van der Waals surface area (Å²) in [4.78, 5) is 0. The third kappa shape index (κ3) is 2.12. The number of allylic oxidation sites excluding steroid dienone is 1. The molecule has 0 spiro atoms. The lowest BCUT2D eigenvalue weighted by Crippen LogP contribution is -1.99. The predicted octanol–water partition coefficient (Wildman–Crippen LogP) is 4.69. The van der Waals surface area contributed by atoms with E-state index in [1.807, 2.05) is 6.08 Å². The van der Waals surface area contributed by atoms with Crippen LogP contribution in [0.4, 0.5) is 0 Å². The van der Waals surface area contributed by atoms with Crippen LogP contribution in [0.15, 0.2) is 43.0 Å². The highest BCUT2D eigenvalue weighted by molar-refractivity contribution is 5.88. The van der Waals surface area contributed by atoms with Crippen molar-refractivity contribution in [3.63, 3.8) is 0 Å². The number of hydrogen-bond acceptors (Lipinski definition) is 0. The first-order chi connectivity index (χ1) is 8.31. The third-order valence-electron chi connectivity index (χ3n) is 3.44. The van der Waals surface area contributed by atoms with E-state index in [1.165, 1.54) is 27.5 Å². The predicted molar refractivity (Wildman–Crippen MR) is 76.6 cm³/mol. The standard InChI is InChI=1S/C17H20/c1-4-9-13-12-14-10-7-8-11-17(14)16(6-3)15(13)5-2/h4,7-8,10-12H,1,5-6,9H2,2-3H3. The molecular formula is C17H20. The maximum Gasteiger partial charge on any atom is -0.00971 e. The molecule has 0 radical (unpaired) electrons. The molecule has 2 rings (SSSR count). The summed E-state index contributed by atoms with van der Waals surface area (Å²) in [5.41, 5.74) is 4.48. The third-order valence-corrected chi connectivity index (χ3v) is 3.44. The molecule has 0 saturated carbocycles. The molecule has 0 unspecified atom stereocenters. The van der Waals surface area contributed by atoms with Gasteiger partial charge in [-0.05, 0) is 46.7 Å². The van der Waals surface area contributed by atoms with E-state index in [0.29, 0.717) is 0 Å². The number of hydrogen-bond donors (Lipinski definition) is 0. The molecule has 0 saturated heterocycles. The molecule has 0 heteroatoms. The van der Waals surface area contributed by atoms with Crippen LogP contribution >= 0.6 is 0 Å². The van der Waals surface area contributed by atoms with Crippen LogP contribution in [0.1, 0.15) is 30.5 Å². The second-order valence-corrected chi connectivity index (χ2v) is 4.41. The highest BCUT2D eigenvalue weighted by Crippen LogP contribution is 2.27. The molecule has 0 amide bonds. The lowest BCUT2D eigenvalue weighted by Gasteiger charge is -2.15. The molecule has 0 fully saturated rings. The summed E-state index contributed by atoms with van der Waals surface area (Å²) in [5, 5.41) is 2.78. The van der Waals surface area contributed by atoms with Crippen molar-refractivity contribution in [3.8, 4) is 0 Å². The van der Waals surface area contributed by atoms with Gasteiger partial charge >= 0.3 is 0 Å². The van der Waals surface area contributed by atoms with Crippen LogP contribution in [0, 0.1) is 0 Å². The first kappa shape index (κ1) is 11.9. The van der Waals surface area contributed by atoms with Crippen LogP contribution in [-0.2, 0) is 19.3 Å². The van der Waals surface area contributed by atoms with Crippen molar-refractivity contribution in [1.82, 2.24) is 0 Å². The molecule has 88 valence electrons. The molecule has 17 heavy (non-hydrogen) atoms. The van der Waals surface area contributed by atoms with Crippen LogP contribution < -0.4 is 0 Å². The van der Waals surface area contributed by atoms with Crippen molar-refractivity contribution in [1.29, 1.82) is 0 Å². The molecule has 2 aromatic carbocycles. The fourth-order valence-corrected chi connectivity index (χ4v) is 2.71. The summed E-state index contributed by atoms with van der Waals surface area (Å²) in [5.74, 6) is 0. The smallest absolute Gasteiger partial charge is 0.00971 e. The summed E-state index contributed by atoms with van der Waals surface area (Å²) < 4.78 is 0. The second kappa shape index (κ2) is 5.18. The summed E-state index contributed by atoms with van der Waals surface area (Å²) in [7, 11) is 0. The molecule has 0 aliphatic rings. The SMILES string of the molecule is C=CCc1cc2ccccc2c(CC)c1CC. The minimum absolute atomic E-state index is 0.973. The van der Waals surface area contributed by atoms with Gasteiger partial charge in [-0.3, -0.25) is 0 Å². The maximum atomic E-state index is 3.87. The minimum atomic E-state index is 0.973. The van der Waals surface area contributed by atoms with Crippen molar-refractivity contribution in [2.45, 2.75) is 33.1 Å². The maximum absolute atomic E-state index is 3.87. The lowest BCUT2D eigenvalue weighted by molar-refractivity contribution is 1.02. The van der Waals surface area contributed by atoms with Gasteiger partial charge in [0.05, 0.1) is 0 Å². The van der Waals surface area contributed by atoms with E-state index >= 15 is 0 Å². The largest absolute Gasteiger partial charge is 0.103 e. The molecule has 0 aliphatic carbocycles. The van der Waals surface area contributed by atoms with Crippen LogP contribution in [0.3, 0.4) is 0 Å². The lowest BCUT2D eigenvalue weighted by atomic mass is 9.90. The van der Waals surface area contributed by atoms with E-state index in [1.54, 1.807) is 0 Å². The van der Waals surface area contributed by atoms with Gasteiger partial charge in [0.1, 0.15) is 0 Å². The highest BCUT2D eigenvalue weighted by Gasteiger charge is 2.09. The fourth-order valence-electron chi connectivity index (χ4n) is 2.71. The molecule has 0 N–H and O–H groups in total. The van der Waals surface area contributed by atoms with E-state index in [2.05, 4.69) is 50.8 Å². The Morgan fingerprint density at radius 2 is 1.76 bits per heavy atom. The van der Waals surface area contributed by atoms with Crippen molar-refractivity contribution in [3.05, 3.63) is 59.7 Å². The van der Waals surface area contributed by atoms with Gasteiger partial charge in [0, 0.05) is 0 Å². The van der Waals surface area contributed by atoms with E-state index in [-0.39, 0.29) is 0 Å². The summed E-state index contributed by atoms with van der Waals surface area (Å²) in [6.07, 6.45) is 5.19. The monoisotopic (exact) mass is 224 g/mol. The van der Waals surface area contributed by atoms with Gasteiger partial charge in [-0.15, -0.1) is 6.58 Å². The zero-order chi connectivity index (χ0) is 12.3. The van der Waals surface area contributed by atoms with Gasteiger partial charge in [0.25, 0.3) is 0 Å². The van der Waals surface area contributed by atoms with Gasteiger partial charge in [0.15, 0.2) is 0 Å². The number of rotatable bonds is 4. The summed E-state index contributed by atoms with van der Waals surface area (Å²) in [6.45, 7) is 8.36. The topological polar surface area (TPSA) is 0 Å². The van der Waals surface area contributed by atoms with E-state index in [4.69, 9.17) is 0 Å². The molecule has 2 aromatic rings. The molecule has 0 aliphatic heterocycles. The Hall–Kier alpha value is -1.56. The van der Waals surface area contributed by atoms with Crippen molar-refractivity contribution >= 4 is 10.8 Å². The number of fused-ring (bicyclic) bond motifs is 1. The second-order valence-electron chi connectivity index (χ2n) is 4.41. The Labute approximate surface area is 104 Å². The normalized spacial score (nSPS) is 10.7. The highest BCUT2D eigenvalue weighted by atomic mass is 14.1. The van der Waals surface area contributed by atoms with Gasteiger partial charge in [0.2, 0.25) is 0 Å². The molecule has 0 nitrogen and oxygen atoms in total. The summed E-state index contributed by atoms with van der Waals surface area (Å²) >= 11 is 0. The van der Waals surface area contributed by atoms with E-state index in [9.17, 15) is 0 Å². The molecule has 0 atom stereocenters. The molecule has 0 heterocycles. The van der Waals surface area contributed by atoms with Gasteiger partial charge in [-0.25, -0.2) is 0 Å². The van der Waals surface area contributed by atoms with Crippen molar-refractivity contribution < 1.29 is 0 Å². The minimum Gasteiger partial charge on any atom is -0.103 e. The average Bonchev–Trinajstić information content (AvgIpc) is 2.37. The molecule has 0 aromatic heterocycles. The van der Waals surface area contributed by atoms with Crippen molar-refractivity contribution in [2.24, 2.45) is 0 Å². The first-order valence-electron chi connectivity index (χ1n) is 6.45. The quantitative estimate of drug-likeness (QED) is 0.661. The molecule has 0 bridgehead atoms. The van der Waals surface area contributed by atoms with Gasteiger partial charge < -0.3 is 0 Å². The van der Waals surface area contributed by atoms with Crippen molar-refractivity contribution in [2.75, 3.05) is 0 Å². The first-order valence-corrected chi connectivity index (χ1v) is 6.45. The Morgan fingerprint density at radius 3 is 2.41 bits per heavy atom. The van der Waals surface area contributed by atoms with Crippen LogP contribution in [0.25, 0.3) is 10.8 Å². The fraction of sp³-hybridized carbons (Fsp3) is 0.294.